The molecule has 142 valence electrons. The number of likely N-dealkylation sites (tertiary alicyclic amines) is 2. The number of rotatable bonds is 6. The van der Waals surface area contributed by atoms with E-state index in [9.17, 15) is 9.59 Å². The molecule has 1 N–H and O–H groups in total. The Morgan fingerprint density at radius 3 is 2.50 bits per heavy atom. The zero-order chi connectivity index (χ0) is 18.4. The summed E-state index contributed by atoms with van der Waals surface area (Å²) < 4.78 is 0. The number of hydrogen-bond donors (Lipinski definition) is 1. The zero-order valence-corrected chi connectivity index (χ0v) is 15.9. The van der Waals surface area contributed by atoms with Crippen molar-refractivity contribution in [3.63, 3.8) is 0 Å². The van der Waals surface area contributed by atoms with Crippen LogP contribution < -0.4 is 5.32 Å². The second-order valence-corrected chi connectivity index (χ2v) is 7.61. The Kier molecular flexibility index (Phi) is 6.67. The average Bonchev–Trinajstić information content (AvgIpc) is 2.84. The average molecular weight is 357 g/mol. The van der Waals surface area contributed by atoms with E-state index >= 15 is 0 Å². The smallest absolute Gasteiger partial charge is 0.242 e. The van der Waals surface area contributed by atoms with Gasteiger partial charge in [-0.2, -0.15) is 0 Å². The predicted octanol–water partition coefficient (Wildman–Crippen LogP) is 2.48. The van der Waals surface area contributed by atoms with Gasteiger partial charge in [-0.15, -0.1) is 0 Å². The van der Waals surface area contributed by atoms with Crippen molar-refractivity contribution in [1.29, 1.82) is 0 Å². The molecular formula is C21H31N3O2. The van der Waals surface area contributed by atoms with Crippen molar-refractivity contribution in [3.8, 4) is 0 Å². The van der Waals surface area contributed by atoms with Gasteiger partial charge in [-0.05, 0) is 44.8 Å². The molecule has 2 aliphatic heterocycles. The molecule has 3 rings (SSSR count). The maximum Gasteiger partial charge on any atom is 0.242 e. The van der Waals surface area contributed by atoms with Crippen LogP contribution in [0.15, 0.2) is 24.3 Å². The highest BCUT2D eigenvalue weighted by molar-refractivity contribution is 5.90. The van der Waals surface area contributed by atoms with Crippen molar-refractivity contribution in [3.05, 3.63) is 35.4 Å². The van der Waals surface area contributed by atoms with Gasteiger partial charge in [0.25, 0.3) is 0 Å². The number of nitrogens with one attached hydrogen (secondary N) is 1. The molecule has 2 fully saturated rings. The van der Waals surface area contributed by atoms with E-state index in [1.807, 2.05) is 31.2 Å². The maximum absolute atomic E-state index is 12.6. The molecule has 1 aromatic carbocycles. The standard InChI is InChI=1S/C21H31N3O2/c1-17-6-8-18(9-7-17)16-24-19(10-11-20(24)25)21(26)22-12-15-23-13-4-2-3-5-14-23/h6-9,19H,2-5,10-16H2,1H3,(H,22,26). The first-order valence-corrected chi connectivity index (χ1v) is 9.98. The monoisotopic (exact) mass is 357 g/mol. The lowest BCUT2D eigenvalue weighted by Crippen LogP contribution is -2.46. The first-order chi connectivity index (χ1) is 12.6. The van der Waals surface area contributed by atoms with Gasteiger partial charge in [0, 0.05) is 26.1 Å². The molecule has 2 aliphatic rings. The van der Waals surface area contributed by atoms with Gasteiger partial charge in [-0.1, -0.05) is 42.7 Å². The molecule has 0 bridgehead atoms. The Hall–Kier alpha value is -1.88. The summed E-state index contributed by atoms with van der Waals surface area (Å²) >= 11 is 0. The summed E-state index contributed by atoms with van der Waals surface area (Å²) in [5, 5.41) is 3.06. The van der Waals surface area contributed by atoms with E-state index in [4.69, 9.17) is 0 Å². The van der Waals surface area contributed by atoms with Crippen molar-refractivity contribution in [1.82, 2.24) is 15.1 Å². The van der Waals surface area contributed by atoms with Crippen LogP contribution in [0.3, 0.4) is 0 Å². The number of aryl methyl sites for hydroxylation is 1. The summed E-state index contributed by atoms with van der Waals surface area (Å²) in [6.07, 6.45) is 6.25. The van der Waals surface area contributed by atoms with Crippen LogP contribution in [0.1, 0.15) is 49.7 Å². The lowest BCUT2D eigenvalue weighted by atomic mass is 10.1. The van der Waals surface area contributed by atoms with Crippen LogP contribution in [-0.2, 0) is 16.1 Å². The minimum atomic E-state index is -0.326. The van der Waals surface area contributed by atoms with E-state index in [0.29, 0.717) is 25.9 Å². The molecule has 0 radical (unpaired) electrons. The number of carbonyl (C=O) groups is 2. The van der Waals surface area contributed by atoms with E-state index in [1.54, 1.807) is 4.90 Å². The Balaban J connectivity index is 1.50. The van der Waals surface area contributed by atoms with Crippen LogP contribution in [0.2, 0.25) is 0 Å². The Morgan fingerprint density at radius 2 is 1.81 bits per heavy atom. The first-order valence-electron chi connectivity index (χ1n) is 9.98. The van der Waals surface area contributed by atoms with Gasteiger partial charge in [0.1, 0.15) is 6.04 Å². The number of benzene rings is 1. The zero-order valence-electron chi connectivity index (χ0n) is 15.9. The molecule has 1 atom stereocenters. The van der Waals surface area contributed by atoms with Crippen LogP contribution >= 0.6 is 0 Å². The molecule has 2 heterocycles. The Morgan fingerprint density at radius 1 is 1.12 bits per heavy atom. The molecular weight excluding hydrogens is 326 g/mol. The van der Waals surface area contributed by atoms with Crippen molar-refractivity contribution in [2.75, 3.05) is 26.2 Å². The molecule has 26 heavy (non-hydrogen) atoms. The fourth-order valence-corrected chi connectivity index (χ4v) is 3.91. The predicted molar refractivity (Wildman–Crippen MR) is 103 cm³/mol. The van der Waals surface area contributed by atoms with Gasteiger partial charge in [-0.25, -0.2) is 0 Å². The van der Waals surface area contributed by atoms with E-state index in [0.717, 1.165) is 25.2 Å². The SMILES string of the molecule is Cc1ccc(CN2C(=O)CCC2C(=O)NCCN2CCCCCC2)cc1. The quantitative estimate of drug-likeness (QED) is 0.851. The Labute approximate surface area is 156 Å². The lowest BCUT2D eigenvalue weighted by Gasteiger charge is -2.25. The summed E-state index contributed by atoms with van der Waals surface area (Å²) in [6.45, 7) is 6.41. The molecule has 1 unspecified atom stereocenters. The number of amides is 2. The van der Waals surface area contributed by atoms with Gasteiger partial charge in [0.2, 0.25) is 11.8 Å². The maximum atomic E-state index is 12.6. The fraction of sp³-hybridized carbons (Fsp3) is 0.619. The normalized spacial score (nSPS) is 21.7. The van der Waals surface area contributed by atoms with E-state index in [-0.39, 0.29) is 17.9 Å². The van der Waals surface area contributed by atoms with Crippen molar-refractivity contribution in [2.45, 2.75) is 58.0 Å². The molecule has 2 amide bonds. The fourth-order valence-electron chi connectivity index (χ4n) is 3.91. The molecule has 1 aromatic rings. The highest BCUT2D eigenvalue weighted by atomic mass is 16.2. The largest absolute Gasteiger partial charge is 0.353 e. The molecule has 5 nitrogen and oxygen atoms in total. The summed E-state index contributed by atoms with van der Waals surface area (Å²) in [5.41, 5.74) is 2.28. The third-order valence-electron chi connectivity index (χ3n) is 5.53. The van der Waals surface area contributed by atoms with E-state index in [1.165, 1.54) is 31.2 Å². The molecule has 0 saturated carbocycles. The first kappa shape index (κ1) is 18.9. The summed E-state index contributed by atoms with van der Waals surface area (Å²) in [7, 11) is 0. The van der Waals surface area contributed by atoms with Gasteiger partial charge in [-0.3, -0.25) is 9.59 Å². The van der Waals surface area contributed by atoms with Crippen molar-refractivity contribution >= 4 is 11.8 Å². The third-order valence-corrected chi connectivity index (χ3v) is 5.53. The van der Waals surface area contributed by atoms with Gasteiger partial charge < -0.3 is 15.1 Å². The van der Waals surface area contributed by atoms with Gasteiger partial charge >= 0.3 is 0 Å². The number of hydrogen-bond acceptors (Lipinski definition) is 3. The molecule has 5 heteroatoms. The van der Waals surface area contributed by atoms with Crippen LogP contribution in [0, 0.1) is 6.92 Å². The summed E-state index contributed by atoms with van der Waals surface area (Å²) in [5.74, 6) is 0.0797. The molecule has 0 aliphatic carbocycles. The van der Waals surface area contributed by atoms with Gasteiger partial charge in [0.05, 0.1) is 0 Å². The van der Waals surface area contributed by atoms with Crippen LogP contribution in [0.25, 0.3) is 0 Å². The Bertz CT molecular complexity index is 606. The van der Waals surface area contributed by atoms with Crippen molar-refractivity contribution in [2.24, 2.45) is 0 Å². The third kappa shape index (κ3) is 5.07. The highest BCUT2D eigenvalue weighted by Crippen LogP contribution is 2.22. The second-order valence-electron chi connectivity index (χ2n) is 7.61. The van der Waals surface area contributed by atoms with Crippen LogP contribution in [0.5, 0.6) is 0 Å². The van der Waals surface area contributed by atoms with Gasteiger partial charge in [0.15, 0.2) is 0 Å². The summed E-state index contributed by atoms with van der Waals surface area (Å²) in [6, 6.07) is 7.84. The minimum Gasteiger partial charge on any atom is -0.353 e. The molecule has 0 aromatic heterocycles. The number of carbonyl (C=O) groups excluding carboxylic acids is 2. The van der Waals surface area contributed by atoms with Crippen molar-refractivity contribution < 1.29 is 9.59 Å². The highest BCUT2D eigenvalue weighted by Gasteiger charge is 2.35. The number of nitrogens with zero attached hydrogens (tertiary/aromatic N) is 2. The van der Waals surface area contributed by atoms with E-state index < -0.39 is 0 Å². The topological polar surface area (TPSA) is 52.7 Å². The second kappa shape index (κ2) is 9.17. The van der Waals surface area contributed by atoms with Crippen LogP contribution in [0.4, 0.5) is 0 Å². The van der Waals surface area contributed by atoms with Crippen LogP contribution in [-0.4, -0.2) is 53.8 Å². The molecule has 0 spiro atoms. The minimum absolute atomic E-state index is 0.00205. The van der Waals surface area contributed by atoms with E-state index in [2.05, 4.69) is 10.2 Å². The lowest BCUT2D eigenvalue weighted by molar-refractivity contribution is -0.135. The molecule has 2 saturated heterocycles. The summed E-state index contributed by atoms with van der Waals surface area (Å²) in [4.78, 5) is 29.1.